The maximum Gasteiger partial charge on any atom is 0.201 e. The molecule has 0 atom stereocenters. The fraction of sp³-hybridized carbons (Fsp3) is 0. The molecule has 0 aliphatic carbocycles. The average Bonchev–Trinajstić information content (AvgIpc) is 2.36. The van der Waals surface area contributed by atoms with E-state index in [1.54, 1.807) is 0 Å². The van der Waals surface area contributed by atoms with Gasteiger partial charge < -0.3 is 10.5 Å². The molecule has 6 heteroatoms. The Hall–Kier alpha value is -2.50. The van der Waals surface area contributed by atoms with Crippen molar-refractivity contribution in [3.05, 3.63) is 53.9 Å². The fourth-order valence-electron chi connectivity index (χ4n) is 1.29. The van der Waals surface area contributed by atoms with Crippen LogP contribution < -0.4 is 10.5 Å². The number of benzene rings is 1. The molecule has 1 aromatic carbocycles. The molecule has 0 saturated heterocycles. The molecule has 0 fully saturated rings. The van der Waals surface area contributed by atoms with Gasteiger partial charge in [0.1, 0.15) is 17.3 Å². The maximum atomic E-state index is 13.3. The number of halogens is 2. The molecule has 2 rings (SSSR count). The largest absolute Gasteiger partial charge is 0.453 e. The Labute approximate surface area is 102 Å². The highest BCUT2D eigenvalue weighted by atomic mass is 19.2. The van der Waals surface area contributed by atoms with E-state index in [2.05, 4.69) is 4.98 Å². The monoisotopic (exact) mass is 249 g/mol. The van der Waals surface area contributed by atoms with Gasteiger partial charge in [0.2, 0.25) is 5.82 Å². The van der Waals surface area contributed by atoms with Gasteiger partial charge >= 0.3 is 0 Å². The van der Waals surface area contributed by atoms with Gasteiger partial charge in [0.15, 0.2) is 11.6 Å². The maximum absolute atomic E-state index is 13.3. The third-order valence-electron chi connectivity index (χ3n) is 2.16. The molecule has 1 aromatic heterocycles. The van der Waals surface area contributed by atoms with Crippen molar-refractivity contribution in [3.8, 4) is 11.5 Å². The third kappa shape index (κ3) is 2.42. The first-order valence-electron chi connectivity index (χ1n) is 5.00. The Kier molecular flexibility index (Phi) is 3.18. The first-order chi connectivity index (χ1) is 8.58. The van der Waals surface area contributed by atoms with Crippen molar-refractivity contribution in [2.45, 2.75) is 0 Å². The second kappa shape index (κ2) is 4.79. The van der Waals surface area contributed by atoms with E-state index in [0.717, 1.165) is 6.07 Å². The van der Waals surface area contributed by atoms with E-state index in [4.69, 9.17) is 15.9 Å². The molecule has 1 heterocycles. The average molecular weight is 249 g/mol. The summed E-state index contributed by atoms with van der Waals surface area (Å²) in [5, 5.41) is 7.15. The van der Waals surface area contributed by atoms with Crippen LogP contribution in [0, 0.1) is 17.0 Å². The second-order valence-electron chi connectivity index (χ2n) is 3.45. The van der Waals surface area contributed by atoms with E-state index in [0.29, 0.717) is 0 Å². The van der Waals surface area contributed by atoms with Crippen molar-refractivity contribution >= 4 is 5.84 Å². The van der Waals surface area contributed by atoms with Crippen LogP contribution in [-0.2, 0) is 0 Å². The van der Waals surface area contributed by atoms with Crippen LogP contribution in [0.2, 0.25) is 0 Å². The second-order valence-corrected chi connectivity index (χ2v) is 3.45. The van der Waals surface area contributed by atoms with E-state index >= 15 is 0 Å². The number of amidine groups is 1. The lowest BCUT2D eigenvalue weighted by Crippen LogP contribution is -2.12. The van der Waals surface area contributed by atoms with Gasteiger partial charge in [-0.1, -0.05) is 6.07 Å². The Morgan fingerprint density at radius 1 is 1.22 bits per heavy atom. The minimum atomic E-state index is -1.06. The molecule has 0 amide bonds. The summed E-state index contributed by atoms with van der Waals surface area (Å²) in [4.78, 5) is 3.84. The molecule has 3 N–H and O–H groups in total. The number of nitrogens with zero attached hydrogens (tertiary/aromatic N) is 1. The van der Waals surface area contributed by atoms with Crippen molar-refractivity contribution in [2.24, 2.45) is 5.73 Å². The van der Waals surface area contributed by atoms with Gasteiger partial charge in [0, 0.05) is 0 Å². The van der Waals surface area contributed by atoms with Crippen molar-refractivity contribution in [2.75, 3.05) is 0 Å². The van der Waals surface area contributed by atoms with E-state index in [1.807, 2.05) is 0 Å². The lowest BCUT2D eigenvalue weighted by molar-refractivity contribution is 0.415. The zero-order chi connectivity index (χ0) is 13.1. The number of ether oxygens (including phenoxy) is 1. The first-order valence-corrected chi connectivity index (χ1v) is 5.00. The number of hydrogen-bond acceptors (Lipinski definition) is 3. The van der Waals surface area contributed by atoms with Gasteiger partial charge in [0.25, 0.3) is 0 Å². The van der Waals surface area contributed by atoms with Crippen molar-refractivity contribution in [3.63, 3.8) is 0 Å². The summed E-state index contributed by atoms with van der Waals surface area (Å²) in [5.41, 5.74) is 5.51. The Morgan fingerprint density at radius 3 is 2.61 bits per heavy atom. The van der Waals surface area contributed by atoms with Gasteiger partial charge in [-0.25, -0.2) is 9.37 Å². The molecule has 0 spiro atoms. The molecular formula is C12H9F2N3O. The molecular weight excluding hydrogens is 240 g/mol. The van der Waals surface area contributed by atoms with Gasteiger partial charge in [0.05, 0.1) is 6.20 Å². The van der Waals surface area contributed by atoms with Crippen LogP contribution in [0.15, 0.2) is 36.5 Å². The first kappa shape index (κ1) is 12.0. The molecule has 4 nitrogen and oxygen atoms in total. The fourth-order valence-corrected chi connectivity index (χ4v) is 1.29. The van der Waals surface area contributed by atoms with Crippen molar-refractivity contribution < 1.29 is 13.5 Å². The van der Waals surface area contributed by atoms with Crippen LogP contribution in [0.3, 0.4) is 0 Å². The predicted molar refractivity (Wildman–Crippen MR) is 61.7 cm³/mol. The molecule has 92 valence electrons. The molecule has 18 heavy (non-hydrogen) atoms. The Bertz CT molecular complexity index is 584. The lowest BCUT2D eigenvalue weighted by Gasteiger charge is -2.07. The quantitative estimate of drug-likeness (QED) is 0.648. The van der Waals surface area contributed by atoms with E-state index < -0.39 is 11.6 Å². The molecule has 0 saturated carbocycles. The summed E-state index contributed by atoms with van der Waals surface area (Å²) in [6.07, 6.45) is 1.28. The van der Waals surface area contributed by atoms with Gasteiger partial charge in [-0.15, -0.1) is 0 Å². The highest BCUT2D eigenvalue weighted by Crippen LogP contribution is 2.25. The number of rotatable bonds is 3. The number of nitrogens with one attached hydrogen (secondary N) is 1. The number of nitrogen functional groups attached to an aromatic ring is 1. The normalized spacial score (nSPS) is 10.1. The van der Waals surface area contributed by atoms with Gasteiger partial charge in [-0.05, 0) is 24.3 Å². The SMILES string of the molecule is N=C(N)c1ccc(Oc2cccc(F)c2F)cn1. The van der Waals surface area contributed by atoms with Gasteiger partial charge in [-0.2, -0.15) is 4.39 Å². The van der Waals surface area contributed by atoms with Crippen LogP contribution in [0.4, 0.5) is 8.78 Å². The summed E-state index contributed by atoms with van der Waals surface area (Å²) in [5.74, 6) is -2.23. The molecule has 0 radical (unpaired) electrons. The molecule has 0 unspecified atom stereocenters. The third-order valence-corrected chi connectivity index (χ3v) is 2.16. The van der Waals surface area contributed by atoms with Crippen LogP contribution in [0.1, 0.15) is 5.69 Å². The molecule has 0 bridgehead atoms. The van der Waals surface area contributed by atoms with E-state index in [-0.39, 0.29) is 23.0 Å². The molecule has 0 aliphatic rings. The van der Waals surface area contributed by atoms with Crippen molar-refractivity contribution in [1.29, 1.82) is 5.41 Å². The lowest BCUT2D eigenvalue weighted by atomic mass is 10.3. The summed E-state index contributed by atoms with van der Waals surface area (Å²) in [6, 6.07) is 6.56. The summed E-state index contributed by atoms with van der Waals surface area (Å²) >= 11 is 0. The summed E-state index contributed by atoms with van der Waals surface area (Å²) < 4.78 is 31.4. The topological polar surface area (TPSA) is 72.0 Å². The summed E-state index contributed by atoms with van der Waals surface area (Å²) in [7, 11) is 0. The summed E-state index contributed by atoms with van der Waals surface area (Å²) in [6.45, 7) is 0. The molecule has 0 aliphatic heterocycles. The highest BCUT2D eigenvalue weighted by Gasteiger charge is 2.09. The minimum Gasteiger partial charge on any atom is -0.453 e. The van der Waals surface area contributed by atoms with Crippen LogP contribution >= 0.6 is 0 Å². The minimum absolute atomic E-state index is 0.182. The van der Waals surface area contributed by atoms with Gasteiger partial charge in [-0.3, -0.25) is 5.41 Å². The van der Waals surface area contributed by atoms with Crippen LogP contribution in [0.25, 0.3) is 0 Å². The van der Waals surface area contributed by atoms with Crippen molar-refractivity contribution in [1.82, 2.24) is 4.98 Å². The molecule has 2 aromatic rings. The van der Waals surface area contributed by atoms with E-state index in [9.17, 15) is 8.78 Å². The number of hydrogen-bond donors (Lipinski definition) is 2. The number of nitrogens with two attached hydrogens (primary N) is 1. The standard InChI is InChI=1S/C12H9F2N3O/c13-8-2-1-3-10(11(8)14)18-7-4-5-9(12(15)16)17-6-7/h1-6H,(H3,15,16). The number of aromatic nitrogens is 1. The highest BCUT2D eigenvalue weighted by molar-refractivity contribution is 5.92. The zero-order valence-corrected chi connectivity index (χ0v) is 9.15. The Balaban J connectivity index is 2.24. The van der Waals surface area contributed by atoms with Crippen LogP contribution in [0.5, 0.6) is 11.5 Å². The van der Waals surface area contributed by atoms with E-state index in [1.165, 1.54) is 30.5 Å². The zero-order valence-electron chi connectivity index (χ0n) is 9.15. The number of pyridine rings is 1. The van der Waals surface area contributed by atoms with Crippen LogP contribution in [-0.4, -0.2) is 10.8 Å². The smallest absolute Gasteiger partial charge is 0.201 e. The predicted octanol–water partition coefficient (Wildman–Crippen LogP) is 2.44. The Morgan fingerprint density at radius 2 is 2.00 bits per heavy atom.